The minimum absolute atomic E-state index is 0.331. The van der Waals surface area contributed by atoms with E-state index in [-0.39, 0.29) is 0 Å². The summed E-state index contributed by atoms with van der Waals surface area (Å²) in [7, 11) is 1.60. The van der Waals surface area contributed by atoms with E-state index in [9.17, 15) is 4.79 Å². The molecule has 4 heteroatoms. The number of esters is 1. The van der Waals surface area contributed by atoms with Gasteiger partial charge >= 0.3 is 5.97 Å². The van der Waals surface area contributed by atoms with Crippen molar-refractivity contribution in [1.82, 2.24) is 0 Å². The molecule has 1 rings (SSSR count). The van der Waals surface area contributed by atoms with Gasteiger partial charge < -0.3 is 9.47 Å². The highest BCUT2D eigenvalue weighted by atomic mass is 35.5. The highest BCUT2D eigenvalue weighted by Gasteiger charge is 2.19. The number of hydrogen-bond donors (Lipinski definition) is 0. The third-order valence-electron chi connectivity index (χ3n) is 2.21. The lowest BCUT2D eigenvalue weighted by Gasteiger charge is -2.11. The summed E-state index contributed by atoms with van der Waals surface area (Å²) in [6.45, 7) is 3.98. The van der Waals surface area contributed by atoms with Gasteiger partial charge in [0.05, 0.1) is 13.7 Å². The number of methoxy groups -OCH3 is 1. The number of halogens is 1. The summed E-state index contributed by atoms with van der Waals surface area (Å²) >= 11 is 5.99. The average Bonchev–Trinajstić information content (AvgIpc) is 2.28. The van der Waals surface area contributed by atoms with Gasteiger partial charge in [-0.1, -0.05) is 12.1 Å². The van der Waals surface area contributed by atoms with Gasteiger partial charge in [-0.2, -0.15) is 0 Å². The smallest absolute Gasteiger partial charge is 0.328 e. The largest absolute Gasteiger partial charge is 0.496 e. The van der Waals surface area contributed by atoms with Crippen LogP contribution >= 0.6 is 11.6 Å². The first-order valence-corrected chi connectivity index (χ1v) is 5.49. The van der Waals surface area contributed by atoms with Crippen molar-refractivity contribution in [2.24, 2.45) is 0 Å². The van der Waals surface area contributed by atoms with E-state index < -0.39 is 11.3 Å². The highest BCUT2D eigenvalue weighted by molar-refractivity contribution is 6.29. The summed E-state index contributed by atoms with van der Waals surface area (Å²) in [5.74, 6) is 0.352. The molecule has 0 fully saturated rings. The number of benzene rings is 1. The fraction of sp³-hybridized carbons (Fsp3) is 0.417. The van der Waals surface area contributed by atoms with Crippen LogP contribution in [0.1, 0.15) is 23.4 Å². The molecule has 1 aromatic carbocycles. The van der Waals surface area contributed by atoms with Gasteiger partial charge in [-0.15, -0.1) is 11.6 Å². The van der Waals surface area contributed by atoms with Crippen LogP contribution in [0, 0.1) is 6.92 Å². The van der Waals surface area contributed by atoms with Crippen molar-refractivity contribution < 1.29 is 14.3 Å². The molecule has 1 atom stereocenters. The molecule has 1 unspecified atom stereocenters. The molecule has 0 saturated carbocycles. The van der Waals surface area contributed by atoms with E-state index in [4.69, 9.17) is 21.1 Å². The Hall–Kier alpha value is -1.22. The van der Waals surface area contributed by atoms with Crippen molar-refractivity contribution in [3.05, 3.63) is 29.3 Å². The van der Waals surface area contributed by atoms with Crippen LogP contribution in [0.3, 0.4) is 0 Å². The minimum Gasteiger partial charge on any atom is -0.496 e. The number of alkyl halides is 1. The lowest BCUT2D eigenvalue weighted by molar-refractivity contribution is -0.142. The second kappa shape index (κ2) is 5.75. The van der Waals surface area contributed by atoms with Crippen molar-refractivity contribution in [3.63, 3.8) is 0 Å². The van der Waals surface area contributed by atoms with Gasteiger partial charge in [0.1, 0.15) is 5.75 Å². The number of ether oxygens (including phenoxy) is 2. The number of hydrogen-bond acceptors (Lipinski definition) is 3. The van der Waals surface area contributed by atoms with E-state index in [0.717, 1.165) is 16.9 Å². The predicted octanol–water partition coefficient (Wildman–Crippen LogP) is 2.85. The maximum absolute atomic E-state index is 11.4. The van der Waals surface area contributed by atoms with E-state index in [1.54, 1.807) is 26.2 Å². The molecule has 0 saturated heterocycles. The van der Waals surface area contributed by atoms with E-state index in [2.05, 4.69) is 0 Å². The predicted molar refractivity (Wildman–Crippen MR) is 63.0 cm³/mol. The van der Waals surface area contributed by atoms with Gasteiger partial charge in [-0.05, 0) is 31.0 Å². The Morgan fingerprint density at radius 1 is 1.50 bits per heavy atom. The Morgan fingerprint density at radius 2 is 2.19 bits per heavy atom. The molecule has 16 heavy (non-hydrogen) atoms. The van der Waals surface area contributed by atoms with Crippen LogP contribution in [-0.2, 0) is 9.53 Å². The summed E-state index contributed by atoms with van der Waals surface area (Å²) < 4.78 is 9.98. The fourth-order valence-corrected chi connectivity index (χ4v) is 1.61. The SMILES string of the molecule is CCOC(=O)C(Cl)c1ccc(OC)c(C)c1. The molecule has 0 aliphatic rings. The molecule has 0 radical (unpaired) electrons. The normalized spacial score (nSPS) is 12.0. The standard InChI is InChI=1S/C12H15ClO3/c1-4-16-12(14)11(13)9-5-6-10(15-3)8(2)7-9/h5-7,11H,4H2,1-3H3. The van der Waals surface area contributed by atoms with E-state index in [1.165, 1.54) is 0 Å². The molecule has 0 spiro atoms. The Labute approximate surface area is 100 Å². The van der Waals surface area contributed by atoms with Crippen LogP contribution in [0.2, 0.25) is 0 Å². The molecular weight excluding hydrogens is 228 g/mol. The molecule has 0 aliphatic carbocycles. The zero-order valence-corrected chi connectivity index (χ0v) is 10.4. The molecule has 0 aliphatic heterocycles. The van der Waals surface area contributed by atoms with Crippen LogP contribution in [-0.4, -0.2) is 19.7 Å². The molecule has 0 N–H and O–H groups in total. The first-order valence-electron chi connectivity index (χ1n) is 5.05. The number of carbonyl (C=O) groups is 1. The molecule has 0 aromatic heterocycles. The lowest BCUT2D eigenvalue weighted by atomic mass is 10.1. The van der Waals surface area contributed by atoms with Gasteiger partial charge in [0.15, 0.2) is 5.38 Å². The third-order valence-corrected chi connectivity index (χ3v) is 2.64. The molecule has 0 amide bonds. The zero-order valence-electron chi connectivity index (χ0n) is 9.62. The maximum atomic E-state index is 11.4. The molecule has 3 nitrogen and oxygen atoms in total. The van der Waals surface area contributed by atoms with Crippen LogP contribution in [0.25, 0.3) is 0 Å². The molecule has 1 aromatic rings. The maximum Gasteiger partial charge on any atom is 0.328 e. The average molecular weight is 243 g/mol. The fourth-order valence-electron chi connectivity index (χ4n) is 1.41. The van der Waals surface area contributed by atoms with Crippen LogP contribution < -0.4 is 4.74 Å². The number of rotatable bonds is 4. The zero-order chi connectivity index (χ0) is 12.1. The Balaban J connectivity index is 2.88. The first-order chi connectivity index (χ1) is 7.60. The van der Waals surface area contributed by atoms with Crippen molar-refractivity contribution in [3.8, 4) is 5.75 Å². The van der Waals surface area contributed by atoms with Gasteiger partial charge in [0.2, 0.25) is 0 Å². The second-order valence-corrected chi connectivity index (χ2v) is 3.78. The monoisotopic (exact) mass is 242 g/mol. The van der Waals surface area contributed by atoms with Gasteiger partial charge in [-0.3, -0.25) is 4.79 Å². The van der Waals surface area contributed by atoms with E-state index >= 15 is 0 Å². The van der Waals surface area contributed by atoms with Gasteiger partial charge in [0.25, 0.3) is 0 Å². The van der Waals surface area contributed by atoms with Crippen molar-refractivity contribution in [2.75, 3.05) is 13.7 Å². The van der Waals surface area contributed by atoms with Gasteiger partial charge in [-0.25, -0.2) is 0 Å². The molecule has 88 valence electrons. The Kier molecular flexibility index (Phi) is 4.62. The lowest BCUT2D eigenvalue weighted by Crippen LogP contribution is -2.11. The van der Waals surface area contributed by atoms with Crippen molar-refractivity contribution in [2.45, 2.75) is 19.2 Å². The Morgan fingerprint density at radius 3 is 2.69 bits per heavy atom. The molecule has 0 heterocycles. The Bertz CT molecular complexity index is 377. The topological polar surface area (TPSA) is 35.5 Å². The molecular formula is C12H15ClO3. The van der Waals surface area contributed by atoms with Crippen LogP contribution in [0.4, 0.5) is 0 Å². The summed E-state index contributed by atoms with van der Waals surface area (Å²) in [5, 5.41) is -0.760. The van der Waals surface area contributed by atoms with Crippen molar-refractivity contribution >= 4 is 17.6 Å². The van der Waals surface area contributed by atoms with Crippen LogP contribution in [0.5, 0.6) is 5.75 Å². The third kappa shape index (κ3) is 2.89. The van der Waals surface area contributed by atoms with E-state index in [0.29, 0.717) is 6.61 Å². The first kappa shape index (κ1) is 12.8. The van der Waals surface area contributed by atoms with Crippen molar-refractivity contribution in [1.29, 1.82) is 0 Å². The van der Waals surface area contributed by atoms with Crippen LogP contribution in [0.15, 0.2) is 18.2 Å². The summed E-state index contributed by atoms with van der Waals surface area (Å²) in [5.41, 5.74) is 1.66. The second-order valence-electron chi connectivity index (χ2n) is 3.34. The highest BCUT2D eigenvalue weighted by Crippen LogP contribution is 2.27. The minimum atomic E-state index is -0.760. The van der Waals surface area contributed by atoms with E-state index in [1.807, 2.05) is 13.0 Å². The summed E-state index contributed by atoms with van der Waals surface area (Å²) in [6.07, 6.45) is 0. The number of aryl methyl sites for hydroxylation is 1. The summed E-state index contributed by atoms with van der Waals surface area (Å²) in [6, 6.07) is 5.38. The molecule has 0 bridgehead atoms. The quantitative estimate of drug-likeness (QED) is 0.602. The van der Waals surface area contributed by atoms with Gasteiger partial charge in [0, 0.05) is 0 Å². The number of carbonyl (C=O) groups excluding carboxylic acids is 1. The summed E-state index contributed by atoms with van der Waals surface area (Å²) in [4.78, 5) is 11.4.